The Morgan fingerprint density at radius 2 is 1.82 bits per heavy atom. The van der Waals surface area contributed by atoms with Gasteiger partial charge in [-0.15, -0.1) is 0 Å². The lowest BCUT2D eigenvalue weighted by atomic mass is 9.84. The lowest BCUT2D eigenvalue weighted by molar-refractivity contribution is -0.156. The van der Waals surface area contributed by atoms with Crippen molar-refractivity contribution in [1.29, 1.82) is 0 Å². The fraction of sp³-hybridized carbons (Fsp3) is 0.714. The third-order valence-corrected chi connectivity index (χ3v) is 8.10. The van der Waals surface area contributed by atoms with Crippen LogP contribution >= 0.6 is 0 Å². The highest BCUT2D eigenvalue weighted by molar-refractivity contribution is 5.93. The number of furan rings is 1. The second-order valence-electron chi connectivity index (χ2n) is 12.0. The Balaban J connectivity index is 1.65. The minimum Gasteiger partial charge on any atom is -0.459 e. The van der Waals surface area contributed by atoms with Gasteiger partial charge in [-0.2, -0.15) is 0 Å². The molecule has 1 saturated heterocycles. The number of rotatable bonds is 10. The second-order valence-corrected chi connectivity index (χ2v) is 12.0. The van der Waals surface area contributed by atoms with Crippen LogP contribution in [0.4, 0.5) is 0 Å². The highest BCUT2D eigenvalue weighted by Crippen LogP contribution is 2.31. The van der Waals surface area contributed by atoms with E-state index in [9.17, 15) is 24.4 Å². The molecule has 1 aliphatic carbocycles. The summed E-state index contributed by atoms with van der Waals surface area (Å²) < 4.78 is 5.36. The number of amides is 4. The Labute approximate surface area is 225 Å². The zero-order valence-electron chi connectivity index (χ0n) is 23.4. The summed E-state index contributed by atoms with van der Waals surface area (Å²) in [6.45, 7) is 8.48. The minimum atomic E-state index is -0.778. The smallest absolute Gasteiger partial charge is 0.289 e. The Kier molecular flexibility index (Phi) is 9.98. The summed E-state index contributed by atoms with van der Waals surface area (Å²) in [7, 11) is 1.75. The van der Waals surface area contributed by atoms with Gasteiger partial charge < -0.3 is 19.5 Å². The van der Waals surface area contributed by atoms with Crippen LogP contribution in [-0.2, 0) is 14.4 Å². The minimum absolute atomic E-state index is 0.0664. The molecule has 1 saturated carbocycles. The molecule has 2 heterocycles. The third kappa shape index (κ3) is 7.36. The van der Waals surface area contributed by atoms with Crippen molar-refractivity contribution in [2.75, 3.05) is 26.7 Å². The molecule has 0 bridgehead atoms. The summed E-state index contributed by atoms with van der Waals surface area (Å²) in [5.41, 5.74) is 0.243. The average Bonchev–Trinajstić information content (AvgIpc) is 3.56. The molecule has 2 N–H and O–H groups in total. The third-order valence-electron chi connectivity index (χ3n) is 8.10. The average molecular weight is 533 g/mol. The van der Waals surface area contributed by atoms with Crippen LogP contribution in [0.3, 0.4) is 0 Å². The Hall–Kier alpha value is -2.88. The molecule has 1 aromatic heterocycles. The van der Waals surface area contributed by atoms with Crippen LogP contribution in [0.5, 0.6) is 0 Å². The fourth-order valence-corrected chi connectivity index (χ4v) is 5.67. The number of hydroxylamine groups is 2. The molecule has 1 unspecified atom stereocenters. The van der Waals surface area contributed by atoms with E-state index in [0.717, 1.165) is 31.2 Å². The van der Waals surface area contributed by atoms with Gasteiger partial charge in [-0.1, -0.05) is 46.5 Å². The summed E-state index contributed by atoms with van der Waals surface area (Å²) in [6, 6.07) is 0.922. The molecular formula is C28H44N4O6. The number of likely N-dealkylation sites (tertiary alicyclic amines) is 1. The van der Waals surface area contributed by atoms with Gasteiger partial charge in [0.2, 0.25) is 18.2 Å². The summed E-state index contributed by atoms with van der Waals surface area (Å²) >= 11 is 0. The zero-order valence-corrected chi connectivity index (χ0v) is 23.4. The Morgan fingerprint density at radius 3 is 2.34 bits per heavy atom. The number of nitrogens with zero attached hydrogens (tertiary/aromatic N) is 3. The number of carbonyl (C=O) groups excluding carboxylic acids is 4. The number of hydrogen-bond donors (Lipinski definition) is 2. The fourth-order valence-electron chi connectivity index (χ4n) is 5.67. The molecule has 2 aliphatic rings. The van der Waals surface area contributed by atoms with Gasteiger partial charge in [0.1, 0.15) is 6.04 Å². The van der Waals surface area contributed by atoms with Gasteiger partial charge in [-0.05, 0) is 43.6 Å². The molecule has 2 atom stereocenters. The maximum atomic E-state index is 13.7. The molecule has 2 fully saturated rings. The van der Waals surface area contributed by atoms with E-state index in [4.69, 9.17) is 4.42 Å². The maximum absolute atomic E-state index is 13.7. The predicted octanol–water partition coefficient (Wildman–Crippen LogP) is 3.23. The molecule has 212 valence electrons. The zero-order chi connectivity index (χ0) is 28.0. The molecular weight excluding hydrogens is 488 g/mol. The molecule has 1 aromatic rings. The lowest BCUT2D eigenvalue weighted by Gasteiger charge is -2.40. The highest BCUT2D eigenvalue weighted by atomic mass is 16.5. The standard InChI is InChI=1S/C28H44N4O6/c1-19-12-15-38-23(19)26(35)31-13-10-22(11-14-31)30(5)27(36)24(28(2,3)4)29-25(34)21(17-32(37)18-33)16-20-8-6-7-9-20/h12,15,18,20-22,24,37H,6-11,13-14,16-17H2,1-5H3,(H,29,34)/t21?,24-/m1/s1. The lowest BCUT2D eigenvalue weighted by Crippen LogP contribution is -2.58. The van der Waals surface area contributed by atoms with Gasteiger partial charge in [-0.25, -0.2) is 5.06 Å². The van der Waals surface area contributed by atoms with E-state index in [-0.39, 0.29) is 30.3 Å². The van der Waals surface area contributed by atoms with E-state index in [1.807, 2.05) is 27.7 Å². The van der Waals surface area contributed by atoms with Crippen LogP contribution in [0.15, 0.2) is 16.7 Å². The van der Waals surface area contributed by atoms with Crippen LogP contribution in [0.1, 0.15) is 81.8 Å². The highest BCUT2D eigenvalue weighted by Gasteiger charge is 2.39. The maximum Gasteiger partial charge on any atom is 0.289 e. The number of hydrogen-bond acceptors (Lipinski definition) is 6. The SMILES string of the molecule is Cc1ccoc1C(=O)N1CCC(N(C)C(=O)[C@@H](NC(=O)C(CC2CCCC2)CN(O)C=O)C(C)(C)C)CC1. The van der Waals surface area contributed by atoms with E-state index >= 15 is 0 Å². The van der Waals surface area contributed by atoms with Crippen molar-refractivity contribution in [3.05, 3.63) is 23.7 Å². The number of nitrogens with one attached hydrogen (secondary N) is 1. The molecule has 10 nitrogen and oxygen atoms in total. The van der Waals surface area contributed by atoms with Crippen LogP contribution in [0.25, 0.3) is 0 Å². The van der Waals surface area contributed by atoms with Crippen molar-refractivity contribution in [3.8, 4) is 0 Å². The van der Waals surface area contributed by atoms with Gasteiger partial charge >= 0.3 is 0 Å². The molecule has 4 amide bonds. The van der Waals surface area contributed by atoms with Crippen LogP contribution in [0.2, 0.25) is 0 Å². The molecule has 1 aliphatic heterocycles. The first-order valence-electron chi connectivity index (χ1n) is 13.7. The van der Waals surface area contributed by atoms with Crippen molar-refractivity contribution in [2.45, 2.75) is 84.7 Å². The summed E-state index contributed by atoms with van der Waals surface area (Å²) in [6.07, 6.45) is 7.94. The van der Waals surface area contributed by atoms with Gasteiger partial charge in [0.05, 0.1) is 18.7 Å². The Bertz CT molecular complexity index is 972. The van der Waals surface area contributed by atoms with Crippen molar-refractivity contribution in [1.82, 2.24) is 20.2 Å². The predicted molar refractivity (Wildman–Crippen MR) is 141 cm³/mol. The summed E-state index contributed by atoms with van der Waals surface area (Å²) in [4.78, 5) is 54.4. The van der Waals surface area contributed by atoms with Crippen molar-refractivity contribution in [2.24, 2.45) is 17.3 Å². The molecule has 10 heteroatoms. The van der Waals surface area contributed by atoms with Crippen molar-refractivity contribution < 1.29 is 28.8 Å². The van der Waals surface area contributed by atoms with Crippen molar-refractivity contribution >= 4 is 24.1 Å². The van der Waals surface area contributed by atoms with Crippen LogP contribution in [-0.4, -0.2) is 83.0 Å². The van der Waals surface area contributed by atoms with Crippen LogP contribution < -0.4 is 5.32 Å². The monoisotopic (exact) mass is 532 g/mol. The summed E-state index contributed by atoms with van der Waals surface area (Å²) in [5, 5.41) is 13.3. The number of piperidine rings is 1. The van der Waals surface area contributed by atoms with E-state index < -0.39 is 17.4 Å². The molecule has 3 rings (SSSR count). The van der Waals surface area contributed by atoms with Gasteiger partial charge in [0.15, 0.2) is 5.76 Å². The molecule has 0 spiro atoms. The second kappa shape index (κ2) is 12.8. The molecule has 0 radical (unpaired) electrons. The molecule has 38 heavy (non-hydrogen) atoms. The normalized spacial score (nSPS) is 18.6. The first-order valence-corrected chi connectivity index (χ1v) is 13.7. The van der Waals surface area contributed by atoms with Gasteiger partial charge in [0, 0.05) is 31.7 Å². The van der Waals surface area contributed by atoms with Crippen LogP contribution in [0, 0.1) is 24.2 Å². The van der Waals surface area contributed by atoms with Gasteiger partial charge in [-0.3, -0.25) is 24.4 Å². The van der Waals surface area contributed by atoms with E-state index in [0.29, 0.717) is 55.5 Å². The van der Waals surface area contributed by atoms with Crippen molar-refractivity contribution in [3.63, 3.8) is 0 Å². The molecule has 0 aromatic carbocycles. The summed E-state index contributed by atoms with van der Waals surface area (Å²) in [5.74, 6) is -0.527. The quantitative estimate of drug-likeness (QED) is 0.271. The first-order chi connectivity index (χ1) is 17.9. The Morgan fingerprint density at radius 1 is 1.18 bits per heavy atom. The topological polar surface area (TPSA) is 123 Å². The van der Waals surface area contributed by atoms with E-state index in [2.05, 4.69) is 5.32 Å². The van der Waals surface area contributed by atoms with Gasteiger partial charge in [0.25, 0.3) is 5.91 Å². The van der Waals surface area contributed by atoms with E-state index in [1.54, 1.807) is 22.9 Å². The van der Waals surface area contributed by atoms with E-state index in [1.165, 1.54) is 6.26 Å². The number of carbonyl (C=O) groups is 4. The number of likely N-dealkylation sites (N-methyl/N-ethyl adjacent to an activating group) is 1. The largest absolute Gasteiger partial charge is 0.459 e. The number of aryl methyl sites for hydroxylation is 1. The first kappa shape index (κ1) is 29.7.